The van der Waals surface area contributed by atoms with Gasteiger partial charge in [0.25, 0.3) is 0 Å². The number of hydrogen-bond donors (Lipinski definition) is 0. The van der Waals surface area contributed by atoms with Crippen LogP contribution in [0.3, 0.4) is 0 Å². The van der Waals surface area contributed by atoms with Gasteiger partial charge in [-0.15, -0.1) is 5.10 Å². The molecule has 0 atom stereocenters. The molecular formula is C21H30N2O2. The molecule has 1 aromatic heterocycles. The molecule has 0 saturated carbocycles. The summed E-state index contributed by atoms with van der Waals surface area (Å²) < 4.78 is 11.6. The standard InChI is InChI=1S/C21H30N2O2/c1-3-5-7-9-14-25-21-16-19(17-22-23-21)18-11-10-12-20(15-18)24-13-8-6-4-2/h10-12,15-17H,3-9,13-14H2,1-2H3. The smallest absolute Gasteiger partial charge is 0.233 e. The van der Waals surface area contributed by atoms with E-state index in [0.29, 0.717) is 12.5 Å². The fourth-order valence-electron chi connectivity index (χ4n) is 2.59. The number of ether oxygens (including phenoxy) is 2. The van der Waals surface area contributed by atoms with E-state index in [0.717, 1.165) is 36.3 Å². The molecule has 0 spiro atoms. The number of hydrogen-bond acceptors (Lipinski definition) is 4. The molecule has 0 fully saturated rings. The van der Waals surface area contributed by atoms with Crippen molar-refractivity contribution in [2.75, 3.05) is 13.2 Å². The van der Waals surface area contributed by atoms with E-state index in [1.165, 1.54) is 32.1 Å². The van der Waals surface area contributed by atoms with Crippen molar-refractivity contribution in [1.82, 2.24) is 10.2 Å². The van der Waals surface area contributed by atoms with Gasteiger partial charge in [-0.3, -0.25) is 0 Å². The van der Waals surface area contributed by atoms with Crippen molar-refractivity contribution in [3.05, 3.63) is 36.5 Å². The van der Waals surface area contributed by atoms with Gasteiger partial charge >= 0.3 is 0 Å². The average molecular weight is 342 g/mol. The van der Waals surface area contributed by atoms with E-state index in [9.17, 15) is 0 Å². The topological polar surface area (TPSA) is 44.2 Å². The quantitative estimate of drug-likeness (QED) is 0.466. The third-order valence-corrected chi connectivity index (χ3v) is 4.06. The molecule has 0 N–H and O–H groups in total. The first-order valence-electron chi connectivity index (χ1n) is 9.52. The number of benzene rings is 1. The molecule has 0 unspecified atom stereocenters. The molecule has 2 rings (SSSR count). The zero-order chi connectivity index (χ0) is 17.7. The number of aromatic nitrogens is 2. The first kappa shape index (κ1) is 19.2. The Kier molecular flexibility index (Phi) is 8.81. The highest BCUT2D eigenvalue weighted by Gasteiger charge is 2.04. The zero-order valence-electron chi connectivity index (χ0n) is 15.5. The predicted molar refractivity (Wildman–Crippen MR) is 102 cm³/mol. The van der Waals surface area contributed by atoms with Gasteiger partial charge in [0, 0.05) is 11.6 Å². The minimum Gasteiger partial charge on any atom is -0.494 e. The van der Waals surface area contributed by atoms with Crippen LogP contribution in [-0.2, 0) is 0 Å². The Bertz CT molecular complexity index is 616. The summed E-state index contributed by atoms with van der Waals surface area (Å²) in [7, 11) is 0. The molecule has 1 heterocycles. The lowest BCUT2D eigenvalue weighted by molar-refractivity contribution is 0.290. The number of unbranched alkanes of at least 4 members (excludes halogenated alkanes) is 5. The van der Waals surface area contributed by atoms with Crippen LogP contribution in [0.15, 0.2) is 36.5 Å². The van der Waals surface area contributed by atoms with Crippen molar-refractivity contribution < 1.29 is 9.47 Å². The molecule has 0 aliphatic carbocycles. The molecule has 0 saturated heterocycles. The molecule has 0 aliphatic heterocycles. The van der Waals surface area contributed by atoms with Crippen LogP contribution in [-0.4, -0.2) is 23.4 Å². The molecule has 0 bridgehead atoms. The first-order chi connectivity index (χ1) is 12.3. The van der Waals surface area contributed by atoms with Gasteiger partial charge in [-0.05, 0) is 30.5 Å². The summed E-state index contributed by atoms with van der Waals surface area (Å²) in [6, 6.07) is 10.1. The summed E-state index contributed by atoms with van der Waals surface area (Å²) in [4.78, 5) is 0. The summed E-state index contributed by atoms with van der Waals surface area (Å²) >= 11 is 0. The van der Waals surface area contributed by atoms with Crippen LogP contribution in [0.5, 0.6) is 11.6 Å². The molecule has 4 heteroatoms. The SMILES string of the molecule is CCCCCCOc1cc(-c2cccc(OCCCCC)c2)cnn1. The van der Waals surface area contributed by atoms with E-state index >= 15 is 0 Å². The van der Waals surface area contributed by atoms with Gasteiger partial charge in [-0.1, -0.05) is 58.1 Å². The normalized spacial score (nSPS) is 10.6. The molecule has 1 aromatic carbocycles. The van der Waals surface area contributed by atoms with Crippen LogP contribution in [0.4, 0.5) is 0 Å². The minimum atomic E-state index is 0.586. The van der Waals surface area contributed by atoms with Crippen molar-refractivity contribution in [2.24, 2.45) is 0 Å². The largest absolute Gasteiger partial charge is 0.494 e. The Labute approximate surface area is 151 Å². The van der Waals surface area contributed by atoms with Crippen molar-refractivity contribution in [2.45, 2.75) is 58.8 Å². The molecule has 25 heavy (non-hydrogen) atoms. The maximum atomic E-state index is 5.84. The highest BCUT2D eigenvalue weighted by atomic mass is 16.5. The lowest BCUT2D eigenvalue weighted by Gasteiger charge is -2.09. The highest BCUT2D eigenvalue weighted by molar-refractivity contribution is 5.64. The molecule has 4 nitrogen and oxygen atoms in total. The van der Waals surface area contributed by atoms with Crippen molar-refractivity contribution >= 4 is 0 Å². The van der Waals surface area contributed by atoms with Gasteiger partial charge in [0.1, 0.15) is 5.75 Å². The molecule has 0 aliphatic rings. The molecule has 136 valence electrons. The van der Waals surface area contributed by atoms with Crippen LogP contribution in [0.1, 0.15) is 58.8 Å². The summed E-state index contributed by atoms with van der Waals surface area (Å²) in [6.07, 6.45) is 9.99. The fraction of sp³-hybridized carbons (Fsp3) is 0.524. The Morgan fingerprint density at radius 1 is 0.800 bits per heavy atom. The third-order valence-electron chi connectivity index (χ3n) is 4.06. The van der Waals surface area contributed by atoms with Crippen molar-refractivity contribution in [1.29, 1.82) is 0 Å². The van der Waals surface area contributed by atoms with E-state index in [-0.39, 0.29) is 0 Å². The minimum absolute atomic E-state index is 0.586. The first-order valence-corrected chi connectivity index (χ1v) is 9.52. The van der Waals surface area contributed by atoms with E-state index < -0.39 is 0 Å². The molecule has 2 aromatic rings. The van der Waals surface area contributed by atoms with Crippen LogP contribution in [0.2, 0.25) is 0 Å². The van der Waals surface area contributed by atoms with Gasteiger partial charge in [-0.25, -0.2) is 0 Å². The van der Waals surface area contributed by atoms with E-state index in [1.54, 1.807) is 6.20 Å². The molecule has 0 amide bonds. The molecule has 0 radical (unpaired) electrons. The van der Waals surface area contributed by atoms with Crippen molar-refractivity contribution in [3.8, 4) is 22.8 Å². The lowest BCUT2D eigenvalue weighted by atomic mass is 10.1. The van der Waals surface area contributed by atoms with Crippen molar-refractivity contribution in [3.63, 3.8) is 0 Å². The van der Waals surface area contributed by atoms with Crippen LogP contribution in [0.25, 0.3) is 11.1 Å². The van der Waals surface area contributed by atoms with Gasteiger partial charge in [0.05, 0.1) is 19.4 Å². The Balaban J connectivity index is 1.93. The van der Waals surface area contributed by atoms with Crippen LogP contribution in [0, 0.1) is 0 Å². The highest BCUT2D eigenvalue weighted by Crippen LogP contribution is 2.25. The zero-order valence-corrected chi connectivity index (χ0v) is 15.5. The summed E-state index contributed by atoms with van der Waals surface area (Å²) in [5.74, 6) is 1.48. The lowest BCUT2D eigenvalue weighted by Crippen LogP contribution is -2.00. The maximum Gasteiger partial charge on any atom is 0.233 e. The van der Waals surface area contributed by atoms with E-state index in [4.69, 9.17) is 9.47 Å². The van der Waals surface area contributed by atoms with Gasteiger partial charge < -0.3 is 9.47 Å². The Morgan fingerprint density at radius 3 is 2.40 bits per heavy atom. The third kappa shape index (κ3) is 7.12. The summed E-state index contributed by atoms with van der Waals surface area (Å²) in [5.41, 5.74) is 2.07. The predicted octanol–water partition coefficient (Wildman–Crippen LogP) is 5.67. The van der Waals surface area contributed by atoms with Crippen LogP contribution < -0.4 is 9.47 Å². The van der Waals surface area contributed by atoms with Crippen LogP contribution >= 0.6 is 0 Å². The second kappa shape index (κ2) is 11.5. The number of rotatable bonds is 12. The van der Waals surface area contributed by atoms with E-state index in [2.05, 4.69) is 30.1 Å². The Morgan fingerprint density at radius 2 is 1.56 bits per heavy atom. The number of nitrogens with zero attached hydrogens (tertiary/aromatic N) is 2. The second-order valence-electron chi connectivity index (χ2n) is 6.28. The van der Waals surface area contributed by atoms with Gasteiger partial charge in [0.15, 0.2) is 0 Å². The summed E-state index contributed by atoms with van der Waals surface area (Å²) in [6.45, 7) is 5.86. The van der Waals surface area contributed by atoms with Gasteiger partial charge in [0.2, 0.25) is 5.88 Å². The van der Waals surface area contributed by atoms with E-state index in [1.807, 2.05) is 24.3 Å². The molecular weight excluding hydrogens is 312 g/mol. The average Bonchev–Trinajstić information content (AvgIpc) is 2.66. The monoisotopic (exact) mass is 342 g/mol. The maximum absolute atomic E-state index is 5.84. The Hall–Kier alpha value is -2.10. The van der Waals surface area contributed by atoms with Gasteiger partial charge in [-0.2, -0.15) is 5.10 Å². The fourth-order valence-corrected chi connectivity index (χ4v) is 2.59. The second-order valence-corrected chi connectivity index (χ2v) is 6.28. The summed E-state index contributed by atoms with van der Waals surface area (Å²) in [5, 5.41) is 8.15.